The van der Waals surface area contributed by atoms with Gasteiger partial charge in [-0.25, -0.2) is 0 Å². The van der Waals surface area contributed by atoms with Crippen LogP contribution in [0.2, 0.25) is 0 Å². The molecular formula is C16H16N2O2S. The first kappa shape index (κ1) is 14.2. The minimum Gasteiger partial charge on any atom is -0.469 e. The monoisotopic (exact) mass is 300 g/mol. The van der Waals surface area contributed by atoms with Crippen molar-refractivity contribution in [3.05, 3.63) is 34.6 Å². The van der Waals surface area contributed by atoms with E-state index in [1.54, 1.807) is 18.4 Å². The van der Waals surface area contributed by atoms with E-state index in [4.69, 9.17) is 9.83 Å². The molecule has 108 valence electrons. The van der Waals surface area contributed by atoms with Crippen LogP contribution in [0.3, 0.4) is 0 Å². The SMILES string of the molecule is CC1(C)CC(=O)C2=C(C1)SC(=N)[C@@H](C#N)[C@@H]2c1ccco1. The molecule has 4 nitrogen and oxygen atoms in total. The van der Waals surface area contributed by atoms with Gasteiger partial charge in [-0.3, -0.25) is 10.2 Å². The quantitative estimate of drug-likeness (QED) is 0.854. The molecule has 1 aliphatic carbocycles. The molecule has 2 aliphatic rings. The molecule has 1 N–H and O–H groups in total. The molecule has 0 saturated heterocycles. The van der Waals surface area contributed by atoms with E-state index < -0.39 is 11.8 Å². The summed E-state index contributed by atoms with van der Waals surface area (Å²) in [6.07, 6.45) is 2.80. The Balaban J connectivity index is 2.16. The maximum absolute atomic E-state index is 12.6. The Bertz CT molecular complexity index is 680. The van der Waals surface area contributed by atoms with Gasteiger partial charge in [-0.15, -0.1) is 0 Å². The molecule has 0 spiro atoms. The summed E-state index contributed by atoms with van der Waals surface area (Å²) in [6.45, 7) is 4.13. The average Bonchev–Trinajstić information content (AvgIpc) is 2.88. The van der Waals surface area contributed by atoms with Crippen LogP contribution in [0.15, 0.2) is 33.3 Å². The van der Waals surface area contributed by atoms with Crippen molar-refractivity contribution < 1.29 is 9.21 Å². The van der Waals surface area contributed by atoms with E-state index in [1.807, 2.05) is 0 Å². The van der Waals surface area contributed by atoms with Gasteiger partial charge in [0.15, 0.2) is 5.78 Å². The largest absolute Gasteiger partial charge is 0.469 e. The summed E-state index contributed by atoms with van der Waals surface area (Å²) in [7, 11) is 0. The highest BCUT2D eigenvalue weighted by molar-refractivity contribution is 8.17. The van der Waals surface area contributed by atoms with E-state index in [0.717, 1.165) is 11.3 Å². The molecule has 0 unspecified atom stereocenters. The Kier molecular flexibility index (Phi) is 3.29. The first-order valence-electron chi connectivity index (χ1n) is 6.88. The van der Waals surface area contributed by atoms with Gasteiger partial charge in [0, 0.05) is 12.0 Å². The second kappa shape index (κ2) is 4.88. The molecule has 0 fully saturated rings. The van der Waals surface area contributed by atoms with Gasteiger partial charge >= 0.3 is 0 Å². The summed E-state index contributed by atoms with van der Waals surface area (Å²) in [6, 6.07) is 5.72. The number of carbonyl (C=O) groups is 1. The number of Topliss-reactive ketones (excluding diaryl/α,β-unsaturated/α-hetero) is 1. The molecule has 1 aromatic heterocycles. The van der Waals surface area contributed by atoms with Crippen molar-refractivity contribution in [3.63, 3.8) is 0 Å². The molecule has 3 rings (SSSR count). The van der Waals surface area contributed by atoms with Gasteiger partial charge in [0.05, 0.1) is 23.3 Å². The van der Waals surface area contributed by atoms with Crippen LogP contribution in [-0.4, -0.2) is 10.8 Å². The number of allylic oxidation sites excluding steroid dienone is 2. The van der Waals surface area contributed by atoms with E-state index >= 15 is 0 Å². The maximum Gasteiger partial charge on any atom is 0.161 e. The molecular weight excluding hydrogens is 284 g/mol. The summed E-state index contributed by atoms with van der Waals surface area (Å²) < 4.78 is 5.46. The third kappa shape index (κ3) is 2.34. The predicted octanol–water partition coefficient (Wildman–Crippen LogP) is 3.87. The second-order valence-electron chi connectivity index (χ2n) is 6.34. The molecule has 0 saturated carbocycles. The van der Waals surface area contributed by atoms with Crippen molar-refractivity contribution in [2.45, 2.75) is 32.6 Å². The van der Waals surface area contributed by atoms with Crippen molar-refractivity contribution in [1.82, 2.24) is 0 Å². The van der Waals surface area contributed by atoms with Gasteiger partial charge in [-0.05, 0) is 28.9 Å². The van der Waals surface area contributed by atoms with E-state index in [0.29, 0.717) is 22.8 Å². The molecule has 2 atom stereocenters. The lowest BCUT2D eigenvalue weighted by atomic mass is 9.71. The van der Waals surface area contributed by atoms with E-state index in [2.05, 4.69) is 19.9 Å². The summed E-state index contributed by atoms with van der Waals surface area (Å²) in [5, 5.41) is 17.9. The van der Waals surface area contributed by atoms with Crippen LogP contribution >= 0.6 is 11.8 Å². The number of ketones is 1. The highest BCUT2D eigenvalue weighted by Gasteiger charge is 2.45. The molecule has 1 aliphatic heterocycles. The van der Waals surface area contributed by atoms with Crippen LogP contribution in [0.4, 0.5) is 0 Å². The molecule has 21 heavy (non-hydrogen) atoms. The zero-order valence-electron chi connectivity index (χ0n) is 12.0. The van der Waals surface area contributed by atoms with Crippen molar-refractivity contribution in [3.8, 4) is 6.07 Å². The van der Waals surface area contributed by atoms with Gasteiger partial charge in [0.25, 0.3) is 0 Å². The zero-order chi connectivity index (χ0) is 15.2. The predicted molar refractivity (Wildman–Crippen MR) is 80.9 cm³/mol. The Morgan fingerprint density at radius 3 is 2.86 bits per heavy atom. The first-order valence-corrected chi connectivity index (χ1v) is 7.70. The third-order valence-corrected chi connectivity index (χ3v) is 5.11. The van der Waals surface area contributed by atoms with Crippen LogP contribution in [0.25, 0.3) is 0 Å². The zero-order valence-corrected chi connectivity index (χ0v) is 12.8. The number of nitrogens with one attached hydrogen (secondary N) is 1. The number of hydrogen-bond acceptors (Lipinski definition) is 5. The number of nitrogens with zero attached hydrogens (tertiary/aromatic N) is 1. The summed E-state index contributed by atoms with van der Waals surface area (Å²) in [5.41, 5.74) is 0.605. The smallest absolute Gasteiger partial charge is 0.161 e. The first-order chi connectivity index (χ1) is 9.93. The van der Waals surface area contributed by atoms with Crippen LogP contribution in [-0.2, 0) is 4.79 Å². The highest BCUT2D eigenvalue weighted by Crippen LogP contribution is 2.52. The number of thioether (sulfide) groups is 1. The van der Waals surface area contributed by atoms with Gasteiger partial charge in [-0.2, -0.15) is 5.26 Å². The lowest BCUT2D eigenvalue weighted by Gasteiger charge is -2.38. The summed E-state index contributed by atoms with van der Waals surface area (Å²) in [4.78, 5) is 13.6. The molecule has 2 heterocycles. The number of nitriles is 1. The fourth-order valence-corrected chi connectivity index (χ4v) is 4.53. The fourth-order valence-electron chi connectivity index (χ4n) is 3.14. The van der Waals surface area contributed by atoms with Gasteiger partial charge in [-0.1, -0.05) is 25.6 Å². The Hall–Kier alpha value is -1.80. The molecule has 0 bridgehead atoms. The Morgan fingerprint density at radius 2 is 2.24 bits per heavy atom. The Morgan fingerprint density at radius 1 is 1.48 bits per heavy atom. The Labute approximate surface area is 127 Å². The van der Waals surface area contributed by atoms with Crippen molar-refractivity contribution in [1.29, 1.82) is 10.7 Å². The normalized spacial score (nSPS) is 28.2. The van der Waals surface area contributed by atoms with Gasteiger partial charge in [0.2, 0.25) is 0 Å². The third-order valence-electron chi connectivity index (χ3n) is 4.03. The lowest BCUT2D eigenvalue weighted by molar-refractivity contribution is -0.118. The van der Waals surface area contributed by atoms with Gasteiger partial charge < -0.3 is 4.42 Å². The van der Waals surface area contributed by atoms with Crippen LogP contribution < -0.4 is 0 Å². The molecule has 0 aromatic carbocycles. The number of carbonyl (C=O) groups excluding carboxylic acids is 1. The van der Waals surface area contributed by atoms with Crippen molar-refractivity contribution in [2.75, 3.05) is 0 Å². The van der Waals surface area contributed by atoms with Gasteiger partial charge in [0.1, 0.15) is 11.7 Å². The molecule has 5 heteroatoms. The fraction of sp³-hybridized carbons (Fsp3) is 0.438. The number of hydrogen-bond donors (Lipinski definition) is 1. The average molecular weight is 300 g/mol. The second-order valence-corrected chi connectivity index (χ2v) is 7.48. The highest BCUT2D eigenvalue weighted by atomic mass is 32.2. The maximum atomic E-state index is 12.6. The number of furan rings is 1. The minimum atomic E-state index is -0.634. The summed E-state index contributed by atoms with van der Waals surface area (Å²) >= 11 is 1.29. The molecule has 0 radical (unpaired) electrons. The van der Waals surface area contributed by atoms with E-state index in [9.17, 15) is 10.1 Å². The standard InChI is InChI=1S/C16H16N2O2S/c1-16(2)6-10(19)14-12(7-16)21-15(18)9(8-17)13(14)11-4-3-5-20-11/h3-5,9,13,18H,6-7H2,1-2H3/t9-,13+/m0/s1. The molecule has 1 aromatic rings. The molecule has 0 amide bonds. The van der Waals surface area contributed by atoms with Crippen LogP contribution in [0.1, 0.15) is 38.4 Å². The van der Waals surface area contributed by atoms with Crippen LogP contribution in [0.5, 0.6) is 0 Å². The van der Waals surface area contributed by atoms with E-state index in [1.165, 1.54) is 11.8 Å². The minimum absolute atomic E-state index is 0.0860. The number of rotatable bonds is 1. The lowest BCUT2D eigenvalue weighted by Crippen LogP contribution is -2.34. The van der Waals surface area contributed by atoms with Crippen LogP contribution in [0, 0.1) is 28.1 Å². The van der Waals surface area contributed by atoms with Crippen molar-refractivity contribution in [2.24, 2.45) is 11.3 Å². The van der Waals surface area contributed by atoms with Crippen molar-refractivity contribution >= 4 is 22.6 Å². The van der Waals surface area contributed by atoms with E-state index in [-0.39, 0.29) is 11.2 Å². The summed E-state index contributed by atoms with van der Waals surface area (Å²) in [5.74, 6) is -0.377. The topological polar surface area (TPSA) is 77.9 Å².